The summed E-state index contributed by atoms with van der Waals surface area (Å²) < 4.78 is 0. The molecule has 0 heterocycles. The highest BCUT2D eigenvalue weighted by atomic mass is 14.3. The fraction of sp³-hybridized carbons (Fsp3) is 0. The van der Waals surface area contributed by atoms with Gasteiger partial charge in [-0.15, -0.1) is 0 Å². The van der Waals surface area contributed by atoms with Crippen LogP contribution >= 0.6 is 0 Å². The Morgan fingerprint density at radius 2 is 0.652 bits per heavy atom. The van der Waals surface area contributed by atoms with Crippen molar-refractivity contribution in [2.24, 2.45) is 0 Å². The van der Waals surface area contributed by atoms with E-state index in [9.17, 15) is 5.26 Å². The van der Waals surface area contributed by atoms with Crippen LogP contribution in [-0.2, 0) is 0 Å². The number of hydrogen-bond donors (Lipinski definition) is 0. The van der Waals surface area contributed by atoms with Crippen LogP contribution in [0.2, 0.25) is 0 Å². The Labute approximate surface area is 269 Å². The molecule has 2 nitrogen and oxygen atoms in total. The van der Waals surface area contributed by atoms with Gasteiger partial charge in [-0.05, 0) is 97.1 Å². The first-order chi connectivity index (χ1) is 22.7. The van der Waals surface area contributed by atoms with E-state index in [1.54, 1.807) is 0 Å². The maximum Gasteiger partial charge on any atom is 0.0998 e. The molecule has 7 aromatic carbocycles. The van der Waals surface area contributed by atoms with E-state index in [0.29, 0.717) is 11.1 Å². The highest BCUT2D eigenvalue weighted by Gasteiger charge is 2.09. The van der Waals surface area contributed by atoms with E-state index < -0.39 is 0 Å². The van der Waals surface area contributed by atoms with Crippen molar-refractivity contribution in [2.45, 2.75) is 0 Å². The lowest BCUT2D eigenvalue weighted by molar-refractivity contribution is 1.47. The van der Waals surface area contributed by atoms with Crippen molar-refractivity contribution in [3.63, 3.8) is 0 Å². The molecule has 7 aromatic rings. The topological polar surface area (TPSA) is 47.6 Å². The summed E-state index contributed by atoms with van der Waals surface area (Å²) in [6.07, 6.45) is 0. The van der Waals surface area contributed by atoms with Crippen molar-refractivity contribution in [1.82, 2.24) is 0 Å². The summed E-state index contributed by atoms with van der Waals surface area (Å²) in [5.74, 6) is 0. The Bertz CT molecular complexity index is 2230. The van der Waals surface area contributed by atoms with E-state index in [-0.39, 0.29) is 0 Å². The molecule has 0 N–H and O–H groups in total. The van der Waals surface area contributed by atoms with Gasteiger partial charge in [-0.2, -0.15) is 10.5 Å². The number of benzene rings is 7. The molecule has 0 radical (unpaired) electrons. The molecule has 0 aliphatic carbocycles. The number of rotatable bonds is 6. The molecule has 2 heteroatoms. The SMILES string of the molecule is N#Cc1ccc(-c2ccc(-c3cccc(-c4cccc(-c5ccc(-c6ccc(-c7ccccc7)c(C#N)c6)cc5)c4)c3)cc2)cc1. The van der Waals surface area contributed by atoms with Gasteiger partial charge < -0.3 is 0 Å². The van der Waals surface area contributed by atoms with Crippen LogP contribution in [0.15, 0.2) is 170 Å². The van der Waals surface area contributed by atoms with Gasteiger partial charge >= 0.3 is 0 Å². The molecular formula is C44H28N2. The lowest BCUT2D eigenvalue weighted by atomic mass is 9.93. The first kappa shape index (κ1) is 28.3. The summed E-state index contributed by atoms with van der Waals surface area (Å²) in [4.78, 5) is 0. The van der Waals surface area contributed by atoms with Crippen LogP contribution in [0, 0.1) is 22.7 Å². The molecule has 0 unspecified atom stereocenters. The molecule has 0 aliphatic heterocycles. The van der Waals surface area contributed by atoms with Crippen molar-refractivity contribution in [2.75, 3.05) is 0 Å². The fourth-order valence-corrected chi connectivity index (χ4v) is 5.89. The van der Waals surface area contributed by atoms with Crippen molar-refractivity contribution in [3.8, 4) is 78.9 Å². The van der Waals surface area contributed by atoms with Crippen LogP contribution in [0.4, 0.5) is 0 Å². The Hall–Kier alpha value is -6.48. The molecule has 0 fully saturated rings. The van der Waals surface area contributed by atoms with Gasteiger partial charge in [0.2, 0.25) is 0 Å². The van der Waals surface area contributed by atoms with Crippen molar-refractivity contribution < 1.29 is 0 Å². The van der Waals surface area contributed by atoms with E-state index in [2.05, 4.69) is 115 Å². The summed E-state index contributed by atoms with van der Waals surface area (Å²) in [6, 6.07) is 62.8. The molecular weight excluding hydrogens is 556 g/mol. The average molecular weight is 585 g/mol. The van der Waals surface area contributed by atoms with Crippen LogP contribution in [0.5, 0.6) is 0 Å². The highest BCUT2D eigenvalue weighted by molar-refractivity contribution is 5.80. The average Bonchev–Trinajstić information content (AvgIpc) is 3.15. The Balaban J connectivity index is 1.11. The number of nitrogens with zero attached hydrogens (tertiary/aromatic N) is 2. The lowest BCUT2D eigenvalue weighted by Crippen LogP contribution is -1.87. The smallest absolute Gasteiger partial charge is 0.0998 e. The zero-order valence-corrected chi connectivity index (χ0v) is 25.1. The van der Waals surface area contributed by atoms with Gasteiger partial charge in [-0.1, -0.05) is 140 Å². The molecule has 0 saturated heterocycles. The van der Waals surface area contributed by atoms with Gasteiger partial charge in [0.1, 0.15) is 0 Å². The van der Waals surface area contributed by atoms with Crippen LogP contribution in [0.25, 0.3) is 66.8 Å². The molecule has 0 atom stereocenters. The van der Waals surface area contributed by atoms with Crippen molar-refractivity contribution in [3.05, 3.63) is 181 Å². The standard InChI is InChI=1S/C44H28N2/c45-29-31-12-14-32(15-13-31)33-16-18-34(19-17-33)38-8-4-10-40(26-38)41-11-5-9-39(27-41)35-20-22-36(23-21-35)42-24-25-44(43(28-42)30-46)37-6-2-1-3-7-37/h1-28H. The number of nitriles is 2. The molecule has 0 bridgehead atoms. The molecule has 0 aromatic heterocycles. The minimum Gasteiger partial charge on any atom is -0.192 e. The highest BCUT2D eigenvalue weighted by Crippen LogP contribution is 2.33. The third-order valence-corrected chi connectivity index (χ3v) is 8.40. The Morgan fingerprint density at radius 3 is 1.11 bits per heavy atom. The van der Waals surface area contributed by atoms with Gasteiger partial charge in [0.15, 0.2) is 0 Å². The van der Waals surface area contributed by atoms with Gasteiger partial charge in [0.05, 0.1) is 23.3 Å². The zero-order valence-electron chi connectivity index (χ0n) is 25.1. The minimum atomic E-state index is 0.665. The third kappa shape index (κ3) is 5.85. The van der Waals surface area contributed by atoms with Gasteiger partial charge in [-0.3, -0.25) is 0 Å². The first-order valence-corrected chi connectivity index (χ1v) is 15.2. The quantitative estimate of drug-likeness (QED) is 0.195. The van der Waals surface area contributed by atoms with E-state index in [0.717, 1.165) is 66.8 Å². The molecule has 0 spiro atoms. The van der Waals surface area contributed by atoms with Crippen LogP contribution in [0.3, 0.4) is 0 Å². The summed E-state index contributed by atoms with van der Waals surface area (Å²) in [7, 11) is 0. The largest absolute Gasteiger partial charge is 0.192 e. The minimum absolute atomic E-state index is 0.665. The molecule has 7 rings (SSSR count). The molecule has 0 amide bonds. The molecule has 0 saturated carbocycles. The lowest BCUT2D eigenvalue weighted by Gasteiger charge is -2.11. The summed E-state index contributed by atoms with van der Waals surface area (Å²) >= 11 is 0. The zero-order chi connectivity index (χ0) is 31.3. The maximum atomic E-state index is 9.86. The van der Waals surface area contributed by atoms with Crippen LogP contribution in [-0.4, -0.2) is 0 Å². The van der Waals surface area contributed by atoms with Gasteiger partial charge in [0.25, 0.3) is 0 Å². The predicted octanol–water partition coefficient (Wildman–Crippen LogP) is 11.4. The Morgan fingerprint density at radius 1 is 0.283 bits per heavy atom. The van der Waals surface area contributed by atoms with Crippen molar-refractivity contribution >= 4 is 0 Å². The second-order valence-corrected chi connectivity index (χ2v) is 11.2. The number of hydrogen-bond acceptors (Lipinski definition) is 2. The molecule has 214 valence electrons. The first-order valence-electron chi connectivity index (χ1n) is 15.2. The van der Waals surface area contributed by atoms with E-state index in [1.165, 1.54) is 0 Å². The maximum absolute atomic E-state index is 9.86. The second kappa shape index (κ2) is 12.6. The van der Waals surface area contributed by atoms with Gasteiger partial charge in [-0.25, -0.2) is 0 Å². The summed E-state index contributed by atoms with van der Waals surface area (Å²) in [5.41, 5.74) is 14.6. The monoisotopic (exact) mass is 584 g/mol. The predicted molar refractivity (Wildman–Crippen MR) is 188 cm³/mol. The summed E-state index contributed by atoms with van der Waals surface area (Å²) in [5, 5.41) is 18.9. The summed E-state index contributed by atoms with van der Waals surface area (Å²) in [6.45, 7) is 0. The third-order valence-electron chi connectivity index (χ3n) is 8.40. The van der Waals surface area contributed by atoms with Gasteiger partial charge in [0, 0.05) is 0 Å². The Kier molecular flexibility index (Phi) is 7.77. The molecule has 0 aliphatic rings. The fourth-order valence-electron chi connectivity index (χ4n) is 5.89. The van der Waals surface area contributed by atoms with Crippen LogP contribution in [0.1, 0.15) is 11.1 Å². The normalized spacial score (nSPS) is 10.6. The van der Waals surface area contributed by atoms with E-state index >= 15 is 0 Å². The second-order valence-electron chi connectivity index (χ2n) is 11.2. The van der Waals surface area contributed by atoms with Crippen molar-refractivity contribution in [1.29, 1.82) is 10.5 Å². The van der Waals surface area contributed by atoms with E-state index in [4.69, 9.17) is 5.26 Å². The molecule has 46 heavy (non-hydrogen) atoms. The van der Waals surface area contributed by atoms with E-state index in [1.807, 2.05) is 66.7 Å². The van der Waals surface area contributed by atoms with Crippen LogP contribution < -0.4 is 0 Å².